The van der Waals surface area contributed by atoms with Crippen LogP contribution in [0.4, 0.5) is 0 Å². The van der Waals surface area contributed by atoms with Crippen molar-refractivity contribution in [1.29, 1.82) is 0 Å². The summed E-state index contributed by atoms with van der Waals surface area (Å²) in [5.74, 6) is 3.67. The molecule has 0 saturated heterocycles. The third-order valence-corrected chi connectivity index (χ3v) is 5.64. The third kappa shape index (κ3) is 6.39. The summed E-state index contributed by atoms with van der Waals surface area (Å²) >= 11 is 3.53. The highest BCUT2D eigenvalue weighted by atomic mass is 127. The van der Waals surface area contributed by atoms with Crippen LogP contribution >= 0.6 is 47.1 Å². The Morgan fingerprint density at radius 3 is 2.81 bits per heavy atom. The van der Waals surface area contributed by atoms with Crippen molar-refractivity contribution < 1.29 is 4.42 Å². The van der Waals surface area contributed by atoms with E-state index in [2.05, 4.69) is 32.9 Å². The molecule has 5 nitrogen and oxygen atoms in total. The van der Waals surface area contributed by atoms with E-state index in [9.17, 15) is 0 Å². The lowest BCUT2D eigenvalue weighted by molar-refractivity contribution is 0.513. The Balaban J connectivity index is 0.00000261. The molecular weight excluding hydrogens is 491 g/mol. The quantitative estimate of drug-likeness (QED) is 0.191. The van der Waals surface area contributed by atoms with Crippen LogP contribution in [-0.2, 0) is 6.54 Å². The minimum atomic E-state index is 0. The van der Waals surface area contributed by atoms with Crippen LogP contribution < -0.4 is 10.6 Å². The zero-order valence-electron chi connectivity index (χ0n) is 15.5. The molecule has 0 aliphatic heterocycles. The number of aromatic nitrogens is 1. The van der Waals surface area contributed by atoms with E-state index in [-0.39, 0.29) is 24.0 Å². The van der Waals surface area contributed by atoms with Gasteiger partial charge in [0.2, 0.25) is 0 Å². The number of furan rings is 1. The van der Waals surface area contributed by atoms with Gasteiger partial charge < -0.3 is 15.1 Å². The molecule has 0 unspecified atom stereocenters. The number of thioether (sulfide) groups is 1. The zero-order chi connectivity index (χ0) is 18.2. The predicted octanol–water partition coefficient (Wildman–Crippen LogP) is 4.98. The Morgan fingerprint density at radius 2 is 2.04 bits per heavy atom. The lowest BCUT2D eigenvalue weighted by Gasteiger charge is -2.10. The van der Waals surface area contributed by atoms with Crippen LogP contribution in [0.3, 0.4) is 0 Å². The number of hydrogen-bond donors (Lipinski definition) is 2. The van der Waals surface area contributed by atoms with Crippen molar-refractivity contribution in [3.05, 3.63) is 42.2 Å². The molecule has 0 saturated carbocycles. The van der Waals surface area contributed by atoms with Gasteiger partial charge in [-0.25, -0.2) is 4.98 Å². The van der Waals surface area contributed by atoms with Crippen LogP contribution in [0.5, 0.6) is 0 Å². The molecule has 0 amide bonds. The van der Waals surface area contributed by atoms with Crippen LogP contribution in [0.25, 0.3) is 21.0 Å². The number of nitrogens with zero attached hydrogens (tertiary/aromatic N) is 2. The Kier molecular flexibility index (Phi) is 9.43. The fourth-order valence-electron chi connectivity index (χ4n) is 2.54. The average Bonchev–Trinajstić information content (AvgIpc) is 3.30. The second kappa shape index (κ2) is 11.6. The number of rotatable bonds is 8. The number of hydrogen-bond acceptors (Lipinski definition) is 5. The van der Waals surface area contributed by atoms with Gasteiger partial charge >= 0.3 is 0 Å². The highest BCUT2D eigenvalue weighted by Gasteiger charge is 2.10. The molecule has 0 spiro atoms. The zero-order valence-corrected chi connectivity index (χ0v) is 19.5. The fourth-order valence-corrected chi connectivity index (χ4v) is 3.96. The molecule has 3 aromatic rings. The van der Waals surface area contributed by atoms with Crippen LogP contribution in [0, 0.1) is 0 Å². The maximum atomic E-state index is 5.95. The first-order valence-corrected chi connectivity index (χ1v) is 10.9. The normalized spacial score (nSPS) is 11.4. The standard InChI is InChI=1S/C19H24N4OS2.HI/c1-20-19(21-11-5-6-12-25-2)22-13-14-9-10-16(24-14)18-23-15-7-3-4-8-17(15)26-18;/h3-4,7-10H,5-6,11-13H2,1-2H3,(H2,20,21,22);1H. The lowest BCUT2D eigenvalue weighted by atomic mass is 10.3. The molecule has 2 aromatic heterocycles. The van der Waals surface area contributed by atoms with Gasteiger partial charge in [0, 0.05) is 13.6 Å². The summed E-state index contributed by atoms with van der Waals surface area (Å²) in [5, 5.41) is 7.53. The van der Waals surface area contributed by atoms with Gasteiger partial charge in [-0.3, -0.25) is 4.99 Å². The molecule has 1 aromatic carbocycles. The molecule has 3 rings (SSSR count). The number of halogens is 1. The minimum absolute atomic E-state index is 0. The third-order valence-electron chi connectivity index (χ3n) is 3.89. The maximum absolute atomic E-state index is 5.95. The average molecular weight is 516 g/mol. The monoisotopic (exact) mass is 516 g/mol. The van der Waals surface area contributed by atoms with E-state index in [1.165, 1.54) is 16.9 Å². The lowest BCUT2D eigenvalue weighted by Crippen LogP contribution is -2.37. The first-order valence-electron chi connectivity index (χ1n) is 8.68. The van der Waals surface area contributed by atoms with Crippen LogP contribution in [0.1, 0.15) is 18.6 Å². The van der Waals surface area contributed by atoms with Gasteiger partial charge in [0.05, 0.1) is 16.8 Å². The van der Waals surface area contributed by atoms with Crippen molar-refractivity contribution in [2.45, 2.75) is 19.4 Å². The summed E-state index contributed by atoms with van der Waals surface area (Å²) < 4.78 is 7.12. The van der Waals surface area contributed by atoms with Crippen molar-refractivity contribution >= 4 is 63.3 Å². The summed E-state index contributed by atoms with van der Waals surface area (Å²) in [5.41, 5.74) is 1.01. The van der Waals surface area contributed by atoms with Crippen LogP contribution in [0.15, 0.2) is 45.8 Å². The summed E-state index contributed by atoms with van der Waals surface area (Å²) in [7, 11) is 1.78. The summed E-state index contributed by atoms with van der Waals surface area (Å²) in [6.07, 6.45) is 4.50. The molecule has 146 valence electrons. The largest absolute Gasteiger partial charge is 0.457 e. The number of nitrogens with one attached hydrogen (secondary N) is 2. The van der Waals surface area contributed by atoms with E-state index in [1.807, 2.05) is 42.1 Å². The van der Waals surface area contributed by atoms with E-state index in [0.717, 1.165) is 41.0 Å². The number of benzene rings is 1. The van der Waals surface area contributed by atoms with Gasteiger partial charge in [-0.15, -0.1) is 35.3 Å². The SMILES string of the molecule is CN=C(NCCCCSC)NCc1ccc(-c2nc3ccccc3s2)o1.I. The van der Waals surface area contributed by atoms with E-state index in [0.29, 0.717) is 6.54 Å². The molecule has 8 heteroatoms. The molecule has 0 atom stereocenters. The van der Waals surface area contributed by atoms with Crippen molar-refractivity contribution in [3.8, 4) is 10.8 Å². The summed E-state index contributed by atoms with van der Waals surface area (Å²) in [6.45, 7) is 1.52. The molecule has 2 heterocycles. The second-order valence-electron chi connectivity index (χ2n) is 5.81. The first kappa shape index (κ1) is 22.0. The molecule has 0 aliphatic rings. The van der Waals surface area contributed by atoms with E-state index in [4.69, 9.17) is 4.42 Å². The number of thiazole rings is 1. The maximum Gasteiger partial charge on any atom is 0.191 e. The van der Waals surface area contributed by atoms with Crippen LogP contribution in [-0.4, -0.2) is 36.5 Å². The summed E-state index contributed by atoms with van der Waals surface area (Å²) in [6, 6.07) is 12.1. The highest BCUT2D eigenvalue weighted by Crippen LogP contribution is 2.31. The van der Waals surface area contributed by atoms with Crippen molar-refractivity contribution in [2.24, 2.45) is 4.99 Å². The predicted molar refractivity (Wildman–Crippen MR) is 129 cm³/mol. The van der Waals surface area contributed by atoms with Crippen molar-refractivity contribution in [2.75, 3.05) is 25.6 Å². The Labute approximate surface area is 185 Å². The van der Waals surface area contributed by atoms with Gasteiger partial charge in [0.25, 0.3) is 0 Å². The molecule has 0 aliphatic carbocycles. The minimum Gasteiger partial charge on any atom is -0.457 e. The van der Waals surface area contributed by atoms with Crippen molar-refractivity contribution in [3.63, 3.8) is 0 Å². The smallest absolute Gasteiger partial charge is 0.191 e. The Morgan fingerprint density at radius 1 is 1.19 bits per heavy atom. The number of fused-ring (bicyclic) bond motifs is 1. The molecule has 0 fully saturated rings. The van der Waals surface area contributed by atoms with Gasteiger partial charge in [-0.1, -0.05) is 12.1 Å². The molecule has 2 N–H and O–H groups in total. The molecule has 0 radical (unpaired) electrons. The first-order chi connectivity index (χ1) is 12.8. The number of guanidine groups is 1. The molecule has 27 heavy (non-hydrogen) atoms. The van der Waals surface area contributed by atoms with E-state index < -0.39 is 0 Å². The Hall–Kier alpha value is -1.26. The number of unbranched alkanes of at least 4 members (excludes halogenated alkanes) is 1. The van der Waals surface area contributed by atoms with Gasteiger partial charge in [-0.05, 0) is 49.1 Å². The Bertz CT molecular complexity index is 829. The summed E-state index contributed by atoms with van der Waals surface area (Å²) in [4.78, 5) is 8.89. The second-order valence-corrected chi connectivity index (χ2v) is 7.82. The van der Waals surface area contributed by atoms with Crippen molar-refractivity contribution in [1.82, 2.24) is 15.6 Å². The van der Waals surface area contributed by atoms with Crippen LogP contribution in [0.2, 0.25) is 0 Å². The number of para-hydroxylation sites is 1. The molecular formula is C19H25IN4OS2. The van der Waals surface area contributed by atoms with Gasteiger partial charge in [-0.2, -0.15) is 11.8 Å². The fraction of sp³-hybridized carbons (Fsp3) is 0.368. The van der Waals surface area contributed by atoms with Gasteiger partial charge in [0.1, 0.15) is 5.76 Å². The molecule has 0 bridgehead atoms. The van der Waals surface area contributed by atoms with Gasteiger partial charge in [0.15, 0.2) is 16.7 Å². The number of aliphatic imine (C=N–C) groups is 1. The van der Waals surface area contributed by atoms with E-state index >= 15 is 0 Å². The van der Waals surface area contributed by atoms with E-state index in [1.54, 1.807) is 18.4 Å². The topological polar surface area (TPSA) is 62.5 Å². The highest BCUT2D eigenvalue weighted by molar-refractivity contribution is 14.0.